The molecular formula is C13H10ClF3O3S. The van der Waals surface area contributed by atoms with Gasteiger partial charge >= 0.3 is 11.5 Å². The fourth-order valence-electron chi connectivity index (χ4n) is 1.50. The second-order valence-corrected chi connectivity index (χ2v) is 5.35. The number of halogens is 4. The third kappa shape index (κ3) is 6.22. The van der Waals surface area contributed by atoms with E-state index in [9.17, 15) is 22.8 Å². The molecule has 0 spiro atoms. The Morgan fingerprint density at radius 2 is 2.00 bits per heavy atom. The molecular weight excluding hydrogens is 329 g/mol. The monoisotopic (exact) mass is 338 g/mol. The summed E-state index contributed by atoms with van der Waals surface area (Å²) < 4.78 is 37.0. The Kier molecular flexibility index (Phi) is 6.29. The van der Waals surface area contributed by atoms with Crippen LogP contribution in [0.3, 0.4) is 0 Å². The zero-order valence-electron chi connectivity index (χ0n) is 10.5. The number of alkyl halides is 4. The van der Waals surface area contributed by atoms with Crippen LogP contribution < -0.4 is 0 Å². The van der Waals surface area contributed by atoms with Gasteiger partial charge in [-0.05, 0) is 35.5 Å². The Labute approximate surface area is 127 Å². The van der Waals surface area contributed by atoms with Crippen LogP contribution in [0.2, 0.25) is 0 Å². The number of Topliss-reactive ketones (excluding diaryl/α,β-unsaturated/α-hetero) is 1. The van der Waals surface area contributed by atoms with Crippen LogP contribution >= 0.6 is 23.4 Å². The number of carbonyl (C=O) groups excluding carboxylic acids is 1. The molecule has 21 heavy (non-hydrogen) atoms. The van der Waals surface area contributed by atoms with E-state index in [2.05, 4.69) is 0 Å². The van der Waals surface area contributed by atoms with Gasteiger partial charge < -0.3 is 5.11 Å². The second kappa shape index (κ2) is 7.51. The van der Waals surface area contributed by atoms with Crippen LogP contribution in [0.15, 0.2) is 29.2 Å². The van der Waals surface area contributed by atoms with Crippen molar-refractivity contribution < 1.29 is 27.9 Å². The van der Waals surface area contributed by atoms with Gasteiger partial charge in [-0.25, -0.2) is 4.79 Å². The molecule has 0 radical (unpaired) electrons. The normalized spacial score (nSPS) is 11.8. The first-order valence-electron chi connectivity index (χ1n) is 5.63. The molecule has 0 aliphatic rings. The summed E-state index contributed by atoms with van der Waals surface area (Å²) in [5.41, 5.74) is -4.22. The standard InChI is InChI=1S/C13H10ClF3O3S/c14-6-5-11(18)10-7-9(21-13(15,16)17)3-1-8(10)2-4-12(19)20/h1-4,7H,5-6H2,(H,19,20)/b4-2+. The predicted octanol–water partition coefficient (Wildman–Crippen LogP) is 4.21. The van der Waals surface area contributed by atoms with Crippen molar-refractivity contribution >= 4 is 41.2 Å². The van der Waals surface area contributed by atoms with Gasteiger partial charge in [-0.1, -0.05) is 6.07 Å². The molecule has 3 nitrogen and oxygen atoms in total. The third-order valence-electron chi connectivity index (χ3n) is 2.29. The molecule has 0 unspecified atom stereocenters. The molecule has 0 bridgehead atoms. The van der Waals surface area contributed by atoms with E-state index < -0.39 is 17.3 Å². The summed E-state index contributed by atoms with van der Waals surface area (Å²) in [5, 5.41) is 8.57. The number of thioether (sulfide) groups is 1. The van der Waals surface area contributed by atoms with Crippen molar-refractivity contribution in [2.75, 3.05) is 5.88 Å². The lowest BCUT2D eigenvalue weighted by Crippen LogP contribution is -2.05. The minimum Gasteiger partial charge on any atom is -0.478 e. The number of ketones is 1. The number of hydrogen-bond donors (Lipinski definition) is 1. The molecule has 1 N–H and O–H groups in total. The van der Waals surface area contributed by atoms with Crippen LogP contribution in [-0.2, 0) is 4.79 Å². The maximum absolute atomic E-state index is 12.3. The molecule has 1 aromatic rings. The Morgan fingerprint density at radius 1 is 1.33 bits per heavy atom. The second-order valence-electron chi connectivity index (χ2n) is 3.83. The number of aliphatic carboxylic acids is 1. The van der Waals surface area contributed by atoms with Crippen LogP contribution in [0.5, 0.6) is 0 Å². The lowest BCUT2D eigenvalue weighted by atomic mass is 10.0. The fraction of sp³-hybridized carbons (Fsp3) is 0.231. The lowest BCUT2D eigenvalue weighted by molar-refractivity contribution is -0.131. The van der Waals surface area contributed by atoms with Gasteiger partial charge in [0.15, 0.2) is 5.78 Å². The molecule has 0 saturated carbocycles. The number of carbonyl (C=O) groups is 2. The number of carboxylic acid groups (broad SMARTS) is 1. The highest BCUT2D eigenvalue weighted by atomic mass is 35.5. The molecule has 0 saturated heterocycles. The van der Waals surface area contributed by atoms with Crippen LogP contribution in [0.25, 0.3) is 6.08 Å². The highest BCUT2D eigenvalue weighted by Crippen LogP contribution is 2.37. The summed E-state index contributed by atoms with van der Waals surface area (Å²) in [4.78, 5) is 22.2. The van der Waals surface area contributed by atoms with Crippen molar-refractivity contribution in [1.82, 2.24) is 0 Å². The molecule has 1 aromatic carbocycles. The van der Waals surface area contributed by atoms with E-state index in [1.165, 1.54) is 12.1 Å². The summed E-state index contributed by atoms with van der Waals surface area (Å²) >= 11 is 5.11. The van der Waals surface area contributed by atoms with Gasteiger partial charge in [0.2, 0.25) is 0 Å². The van der Waals surface area contributed by atoms with Gasteiger partial charge in [0.25, 0.3) is 0 Å². The third-order valence-corrected chi connectivity index (χ3v) is 3.20. The van der Waals surface area contributed by atoms with E-state index in [0.717, 1.165) is 18.2 Å². The quantitative estimate of drug-likeness (QED) is 0.365. The predicted molar refractivity (Wildman–Crippen MR) is 74.7 cm³/mol. The first-order chi connectivity index (χ1) is 9.73. The Hall–Kier alpha value is -1.47. The van der Waals surface area contributed by atoms with E-state index in [-0.39, 0.29) is 40.1 Å². The zero-order valence-corrected chi connectivity index (χ0v) is 12.1. The van der Waals surface area contributed by atoms with Crippen LogP contribution in [-0.4, -0.2) is 28.2 Å². The molecule has 0 amide bonds. The molecule has 0 aliphatic heterocycles. The Morgan fingerprint density at radius 3 is 2.52 bits per heavy atom. The highest BCUT2D eigenvalue weighted by Gasteiger charge is 2.29. The number of carboxylic acids is 1. The molecule has 8 heteroatoms. The molecule has 0 heterocycles. The maximum atomic E-state index is 12.3. The van der Waals surface area contributed by atoms with Crippen LogP contribution in [0.1, 0.15) is 22.3 Å². The summed E-state index contributed by atoms with van der Waals surface area (Å²) in [6.45, 7) is 0. The first kappa shape index (κ1) is 17.6. The molecule has 1 rings (SSSR count). The fourth-order valence-corrected chi connectivity index (χ4v) is 2.25. The smallest absolute Gasteiger partial charge is 0.446 e. The van der Waals surface area contributed by atoms with Crippen molar-refractivity contribution in [3.8, 4) is 0 Å². The van der Waals surface area contributed by atoms with Crippen LogP contribution in [0, 0.1) is 0 Å². The van der Waals surface area contributed by atoms with Crippen molar-refractivity contribution in [2.45, 2.75) is 16.8 Å². The largest absolute Gasteiger partial charge is 0.478 e. The lowest BCUT2D eigenvalue weighted by Gasteiger charge is -2.09. The maximum Gasteiger partial charge on any atom is 0.446 e. The van der Waals surface area contributed by atoms with Crippen molar-refractivity contribution in [2.24, 2.45) is 0 Å². The number of benzene rings is 1. The first-order valence-corrected chi connectivity index (χ1v) is 6.98. The summed E-state index contributed by atoms with van der Waals surface area (Å²) in [5.74, 6) is -1.64. The van der Waals surface area contributed by atoms with Gasteiger partial charge in [0, 0.05) is 28.8 Å². The van der Waals surface area contributed by atoms with E-state index in [1.54, 1.807) is 0 Å². The van der Waals surface area contributed by atoms with E-state index in [0.29, 0.717) is 0 Å². The molecule has 0 atom stereocenters. The summed E-state index contributed by atoms with van der Waals surface area (Å²) in [6, 6.07) is 3.54. The Bertz CT molecular complexity index is 570. The minimum absolute atomic E-state index is 0.0161. The van der Waals surface area contributed by atoms with E-state index >= 15 is 0 Å². The van der Waals surface area contributed by atoms with E-state index in [4.69, 9.17) is 16.7 Å². The summed E-state index contributed by atoms with van der Waals surface area (Å²) in [7, 11) is 0. The van der Waals surface area contributed by atoms with Gasteiger partial charge in [-0.15, -0.1) is 11.6 Å². The number of rotatable bonds is 6. The zero-order chi connectivity index (χ0) is 16.0. The summed E-state index contributed by atoms with van der Waals surface area (Å²) in [6.07, 6.45) is 1.92. The highest BCUT2D eigenvalue weighted by molar-refractivity contribution is 8.00. The average Bonchev–Trinajstić information content (AvgIpc) is 2.35. The molecule has 0 aliphatic carbocycles. The van der Waals surface area contributed by atoms with Gasteiger partial charge in [0.05, 0.1) is 0 Å². The Balaban J connectivity index is 3.19. The number of hydrogen-bond acceptors (Lipinski definition) is 3. The van der Waals surface area contributed by atoms with Crippen molar-refractivity contribution in [1.29, 1.82) is 0 Å². The van der Waals surface area contributed by atoms with E-state index in [1.807, 2.05) is 0 Å². The van der Waals surface area contributed by atoms with Gasteiger partial charge in [0.1, 0.15) is 0 Å². The molecule has 114 valence electrons. The average molecular weight is 339 g/mol. The minimum atomic E-state index is -4.47. The topological polar surface area (TPSA) is 54.4 Å². The molecule has 0 fully saturated rings. The molecule has 0 aromatic heterocycles. The van der Waals surface area contributed by atoms with Crippen molar-refractivity contribution in [3.05, 3.63) is 35.4 Å². The van der Waals surface area contributed by atoms with Gasteiger partial charge in [-0.3, -0.25) is 4.79 Å². The van der Waals surface area contributed by atoms with Crippen molar-refractivity contribution in [3.63, 3.8) is 0 Å². The SMILES string of the molecule is O=C(O)/C=C/c1ccc(SC(F)(F)F)cc1C(=O)CCCl. The van der Waals surface area contributed by atoms with Crippen LogP contribution in [0.4, 0.5) is 13.2 Å². The van der Waals surface area contributed by atoms with Gasteiger partial charge in [-0.2, -0.15) is 13.2 Å².